The highest BCUT2D eigenvalue weighted by Gasteiger charge is 2.38. The lowest BCUT2D eigenvalue weighted by Gasteiger charge is -2.14. The van der Waals surface area contributed by atoms with Crippen LogP contribution in [0, 0.1) is 90.0 Å². The van der Waals surface area contributed by atoms with Crippen LogP contribution in [0.3, 0.4) is 0 Å². The number of carbonyl (C=O) groups excluding carboxylic acids is 4. The van der Waals surface area contributed by atoms with E-state index >= 15 is 0 Å². The predicted octanol–water partition coefficient (Wildman–Crippen LogP) is 21.1. The summed E-state index contributed by atoms with van der Waals surface area (Å²) >= 11 is 9.56. The summed E-state index contributed by atoms with van der Waals surface area (Å²) in [6.45, 7) is 31.5. The highest BCUT2D eigenvalue weighted by Crippen LogP contribution is 2.49. The number of fused-ring (bicyclic) bond motifs is 12. The van der Waals surface area contributed by atoms with Gasteiger partial charge < -0.3 is 35.1 Å². The van der Waals surface area contributed by atoms with Gasteiger partial charge in [-0.2, -0.15) is 5.10 Å². The number of aryl methyl sites for hydroxylation is 12. The first-order chi connectivity index (χ1) is 63.6. The average Bonchev–Trinajstić information content (AvgIpc) is 1.58. The number of carbonyl (C=O) groups is 4. The monoisotopic (exact) mass is 1810 g/mol. The summed E-state index contributed by atoms with van der Waals surface area (Å²) in [4.78, 5) is 75.3. The van der Waals surface area contributed by atoms with Crippen molar-refractivity contribution in [1.82, 2.24) is 60.3 Å². The maximum atomic E-state index is 13.1. The van der Waals surface area contributed by atoms with Crippen molar-refractivity contribution in [2.45, 2.75) is 154 Å². The summed E-state index contributed by atoms with van der Waals surface area (Å²) in [6, 6.07) is 58.5. The van der Waals surface area contributed by atoms with Crippen LogP contribution in [0.25, 0.3) is 43.4 Å². The minimum Gasteiger partial charge on any atom is -0.497 e. The Balaban J connectivity index is 0.000000129. The molecule has 0 bridgehead atoms. The molecule has 0 fully saturated rings. The summed E-state index contributed by atoms with van der Waals surface area (Å²) in [6.07, 6.45) is 4.55. The second kappa shape index (κ2) is 39.2. The smallest absolute Gasteiger partial charge is 0.227 e. The minimum atomic E-state index is -0.484. The van der Waals surface area contributed by atoms with Gasteiger partial charge in [-0.15, -0.1) is 43.1 Å². The van der Waals surface area contributed by atoms with E-state index in [1.54, 1.807) is 34.5 Å². The Kier molecular flexibility index (Phi) is 27.0. The fourth-order valence-electron chi connectivity index (χ4n) is 16.7. The molecule has 0 aliphatic carbocycles. The van der Waals surface area contributed by atoms with Gasteiger partial charge in [0.15, 0.2) is 23.2 Å². The number of rotatable bonds is 18. The number of benzene rings is 8. The average molecular weight is 1820 g/mol. The largest absolute Gasteiger partial charge is 0.497 e. The van der Waals surface area contributed by atoms with Gasteiger partial charge in [0.2, 0.25) is 23.6 Å². The van der Waals surface area contributed by atoms with Crippen molar-refractivity contribution < 1.29 is 33.0 Å². The molecular weight excluding hydrogens is 1710 g/mol. The van der Waals surface area contributed by atoms with Crippen LogP contribution >= 0.6 is 34.3 Å². The molecule has 0 saturated heterocycles. The van der Waals surface area contributed by atoms with E-state index in [4.69, 9.17) is 45.4 Å². The molecule has 4 N–H and O–H groups in total. The van der Waals surface area contributed by atoms with Gasteiger partial charge in [0.1, 0.15) is 46.6 Å². The van der Waals surface area contributed by atoms with Crippen molar-refractivity contribution in [2.75, 3.05) is 30.8 Å². The van der Waals surface area contributed by atoms with Crippen molar-refractivity contribution in [2.24, 2.45) is 27.0 Å². The summed E-state index contributed by atoms with van der Waals surface area (Å²) in [5.74, 6) is 4.47. The van der Waals surface area contributed by atoms with E-state index in [0.29, 0.717) is 47.0 Å². The third-order valence-corrected chi connectivity index (χ3v) is 26.5. The number of hydrogen-bond donors (Lipinski definition) is 4. The molecule has 4 amide bonds. The normalized spacial score (nSPS) is 14.8. The van der Waals surface area contributed by atoms with Crippen molar-refractivity contribution in [1.29, 1.82) is 0 Å². The Morgan fingerprint density at radius 2 is 0.848 bits per heavy atom. The second-order valence-electron chi connectivity index (χ2n) is 33.5. The SMILES string of the molecule is CCNC(=O)C[C@@H]1N=C(c2ccc(C)cc2)c2cc(-c3cnn(C)c3)ccc2-c2c(C)noc21.CCNC(=O)C[C@@H]1N=C(c2ccc(Cl)cc2)c2cc(OC)ccc2-n2c(C)nnc21.Cc1ccc(NC(=O)C[C@@H]2N=C(c3ccc(C)cc3)c3c(sc(C)c3C)-c3c(C)noc32)cc1.Cc1ccc(NC(=O)C[C@@H]2N=C(c3ccc(C)cc3)c3c(sc(C)c3C)-n3c(C)nnc32)cc1. The van der Waals surface area contributed by atoms with Crippen LogP contribution in [0.4, 0.5) is 11.4 Å². The topological polar surface area (TPSA) is 306 Å². The van der Waals surface area contributed by atoms with Crippen LogP contribution in [0.1, 0.15) is 203 Å². The zero-order valence-corrected chi connectivity index (χ0v) is 79.2. The number of hydrogen-bond acceptors (Lipinski definition) is 20. The number of ether oxygens (including phenoxy) is 1. The zero-order chi connectivity index (χ0) is 93.0. The van der Waals surface area contributed by atoms with Crippen LogP contribution in [0.2, 0.25) is 5.02 Å². The van der Waals surface area contributed by atoms with Gasteiger partial charge in [-0.1, -0.05) is 171 Å². The molecule has 0 unspecified atom stereocenters. The fourth-order valence-corrected chi connectivity index (χ4v) is 19.3. The molecule has 15 aromatic rings. The molecular formula is C104H103ClN18O7S2. The fraction of sp³-hybridized carbons (Fsp3) is 0.260. The highest BCUT2D eigenvalue weighted by molar-refractivity contribution is 7.16. The number of amides is 4. The lowest BCUT2D eigenvalue weighted by Crippen LogP contribution is -2.25. The lowest BCUT2D eigenvalue weighted by atomic mass is 9.90. The van der Waals surface area contributed by atoms with Crippen molar-refractivity contribution in [3.8, 4) is 49.1 Å². The summed E-state index contributed by atoms with van der Waals surface area (Å²) in [7, 11) is 3.54. The quantitative estimate of drug-likeness (QED) is 0.0621. The first-order valence-corrected chi connectivity index (χ1v) is 45.9. The van der Waals surface area contributed by atoms with Gasteiger partial charge >= 0.3 is 0 Å². The number of nitrogens with zero attached hydrogens (tertiary/aromatic N) is 14. The molecule has 0 spiro atoms. The number of aromatic nitrogens is 10. The Hall–Kier alpha value is -14.3. The Labute approximate surface area is 779 Å². The molecule has 0 radical (unpaired) electrons. The number of thiophene rings is 2. The molecule has 11 heterocycles. The molecule has 7 aromatic heterocycles. The molecule has 4 aliphatic heterocycles. The van der Waals surface area contributed by atoms with Crippen molar-refractivity contribution >= 4 is 92.1 Å². The number of nitrogens with one attached hydrogen (secondary N) is 4. The van der Waals surface area contributed by atoms with Crippen LogP contribution in [0.5, 0.6) is 5.75 Å². The van der Waals surface area contributed by atoms with Gasteiger partial charge in [-0.25, -0.2) is 0 Å². The predicted molar refractivity (Wildman–Crippen MR) is 523 cm³/mol. The second-order valence-corrected chi connectivity index (χ2v) is 36.4. The van der Waals surface area contributed by atoms with Gasteiger partial charge in [0, 0.05) is 107 Å². The summed E-state index contributed by atoms with van der Waals surface area (Å²) < 4.78 is 22.9. The maximum Gasteiger partial charge on any atom is 0.227 e. The Morgan fingerprint density at radius 1 is 0.424 bits per heavy atom. The van der Waals surface area contributed by atoms with Crippen LogP contribution in [-0.4, -0.2) is 116 Å². The van der Waals surface area contributed by atoms with Gasteiger partial charge in [0.05, 0.1) is 90.0 Å². The third-order valence-electron chi connectivity index (χ3n) is 23.8. The van der Waals surface area contributed by atoms with Crippen LogP contribution in [0.15, 0.2) is 223 Å². The number of aliphatic imine (C=N–C) groups is 4. The summed E-state index contributed by atoms with van der Waals surface area (Å²) in [5, 5.41) is 43.8. The number of halogens is 1. The molecule has 0 saturated carbocycles. The van der Waals surface area contributed by atoms with Crippen LogP contribution < -0.4 is 26.0 Å². The van der Waals surface area contributed by atoms with Crippen LogP contribution in [-0.2, 0) is 26.2 Å². The summed E-state index contributed by atoms with van der Waals surface area (Å²) in [5.41, 5.74) is 28.6. The lowest BCUT2D eigenvalue weighted by molar-refractivity contribution is -0.122. The van der Waals surface area contributed by atoms with E-state index in [2.05, 4.69) is 201 Å². The minimum absolute atomic E-state index is 0.0680. The maximum absolute atomic E-state index is 13.1. The van der Waals surface area contributed by atoms with E-state index < -0.39 is 24.2 Å². The van der Waals surface area contributed by atoms with E-state index in [-0.39, 0.29) is 49.3 Å². The molecule has 25 nitrogen and oxygen atoms in total. The Bertz CT molecular complexity index is 6790. The molecule has 8 aromatic carbocycles. The van der Waals surface area contributed by atoms with E-state index in [9.17, 15) is 19.2 Å². The molecule has 4 aliphatic rings. The van der Waals surface area contributed by atoms with E-state index in [1.807, 2.05) is 170 Å². The molecule has 4 atom stereocenters. The molecule has 19 rings (SSSR count). The van der Waals surface area contributed by atoms with Gasteiger partial charge in [-0.3, -0.25) is 53.0 Å². The highest BCUT2D eigenvalue weighted by atomic mass is 35.5. The van der Waals surface area contributed by atoms with E-state index in [0.717, 1.165) is 156 Å². The first-order valence-electron chi connectivity index (χ1n) is 43.9. The molecule has 28 heteroatoms. The number of anilines is 2. The van der Waals surface area contributed by atoms with Gasteiger partial charge in [-0.05, 0) is 187 Å². The number of methoxy groups -OCH3 is 1. The van der Waals surface area contributed by atoms with Gasteiger partial charge in [0.25, 0.3) is 0 Å². The standard InChI is InChI=1S/C28H27N3O2S.C27H27N5O2.C27H27N5OS.C22H22ClN5O2/c1-15-6-10-20(11-7-15)26-24-17(3)19(5)34-28(24)25-18(4)31-33-27(25)22(30-26)14-23(32)29-21-12-8-16(2)9-13-21;1-5-28-24(33)13-23-27-25(17(3)31-34-27)21-11-10-19(20-14-29-32(4)15-20)12-22(21)26(30-23)18-8-6-16(2)7-9-18;1-15-6-10-20(11-7-15)25-24-17(3)18(4)34-27(24)32-19(5)30-31-26(32)22(29-25)14-23(33)28-21-12-8-16(2)9-13-21;1-4-24-20(29)12-18-22-27-26-13(2)28(22)19-10-9-16(30-3)11-17(19)21(25-18)14-5-7-15(23)8-6-14/h6-13,22H,14H2,1-5H3,(H,29,32);6-12,14-15,23H,5,13H2,1-4H3,(H,28,33);6-13,22H,14H2,1-5H3,(H,28,33);5-11,18H,4,12H2,1-3H3,(H,24,29)/t22-;23-;22-;18-/m0000/s1. The molecule has 132 heavy (non-hydrogen) atoms. The van der Waals surface area contributed by atoms with Crippen molar-refractivity contribution in [3.05, 3.63) is 339 Å². The Morgan fingerprint density at radius 3 is 1.38 bits per heavy atom. The first kappa shape index (κ1) is 91.0. The molecule has 670 valence electrons. The zero-order valence-electron chi connectivity index (χ0n) is 76.8. The third kappa shape index (κ3) is 19.3. The van der Waals surface area contributed by atoms with Crippen molar-refractivity contribution in [3.63, 3.8) is 0 Å². The van der Waals surface area contributed by atoms with E-state index in [1.165, 1.54) is 37.6 Å².